The van der Waals surface area contributed by atoms with Crippen LogP contribution in [-0.4, -0.2) is 63.7 Å². The van der Waals surface area contributed by atoms with E-state index in [0.29, 0.717) is 30.9 Å². The second-order valence-electron chi connectivity index (χ2n) is 9.89. The molecule has 7 nitrogen and oxygen atoms in total. The summed E-state index contributed by atoms with van der Waals surface area (Å²) in [5.41, 5.74) is 0.295. The minimum atomic E-state index is -2.86. The number of aryl methyl sites for hydroxylation is 1. The molecule has 4 heterocycles. The minimum Gasteiger partial charge on any atom is -0.381 e. The van der Waals surface area contributed by atoms with Crippen LogP contribution < -0.4 is 5.32 Å². The van der Waals surface area contributed by atoms with Crippen LogP contribution in [0.25, 0.3) is 22.2 Å². The van der Waals surface area contributed by atoms with Crippen LogP contribution >= 0.6 is 0 Å². The standard InChI is InChI=1S/C26H32F2N6O/c1-33-15-21-23(32-33)3-2-20(25(21)26(27)28)22-4-5-24(31-30-22)29-19-10-17-13-34(14-18(17)11-19)12-16-6-8-35-9-7-16/h2-5,15-19,26H,6-14H2,1H3,(H,29,31)/i1D3,12D2. The maximum absolute atomic E-state index is 14.1. The maximum Gasteiger partial charge on any atom is 0.265 e. The van der Waals surface area contributed by atoms with E-state index in [1.807, 2.05) is 4.90 Å². The van der Waals surface area contributed by atoms with Gasteiger partial charge in [-0.05, 0) is 67.7 Å². The van der Waals surface area contributed by atoms with Crippen molar-refractivity contribution in [1.82, 2.24) is 24.9 Å². The van der Waals surface area contributed by atoms with Gasteiger partial charge in [-0.15, -0.1) is 10.2 Å². The van der Waals surface area contributed by atoms with Gasteiger partial charge in [0.25, 0.3) is 6.43 Å². The average molecular weight is 488 g/mol. The van der Waals surface area contributed by atoms with Crippen LogP contribution in [0.2, 0.25) is 0 Å². The third kappa shape index (κ3) is 4.63. The van der Waals surface area contributed by atoms with E-state index in [-0.39, 0.29) is 39.7 Å². The predicted octanol–water partition coefficient (Wildman–Crippen LogP) is 4.52. The molecular formula is C26H32F2N6O. The number of hydrogen-bond acceptors (Lipinski definition) is 6. The first kappa shape index (κ1) is 17.7. The zero-order valence-electron chi connectivity index (χ0n) is 24.3. The molecule has 3 aromatic rings. The van der Waals surface area contributed by atoms with Gasteiger partial charge < -0.3 is 15.0 Å². The second-order valence-corrected chi connectivity index (χ2v) is 9.89. The van der Waals surface area contributed by atoms with Crippen molar-refractivity contribution in [2.24, 2.45) is 24.7 Å². The molecule has 0 amide bonds. The summed E-state index contributed by atoms with van der Waals surface area (Å²) >= 11 is 0. The number of ether oxygens (including phenoxy) is 1. The second kappa shape index (κ2) is 9.43. The Labute approximate surface area is 210 Å². The highest BCUT2D eigenvalue weighted by molar-refractivity contribution is 5.88. The molecule has 6 rings (SSSR count). The summed E-state index contributed by atoms with van der Waals surface area (Å²) in [6.45, 7) is -1.14. The fourth-order valence-corrected chi connectivity index (χ4v) is 5.94. The van der Waals surface area contributed by atoms with E-state index in [1.54, 1.807) is 12.1 Å². The Kier molecular flexibility index (Phi) is 4.77. The van der Waals surface area contributed by atoms with Crippen LogP contribution in [0.1, 0.15) is 44.5 Å². The Morgan fingerprint density at radius 3 is 2.63 bits per heavy atom. The van der Waals surface area contributed by atoms with E-state index >= 15 is 0 Å². The molecule has 2 unspecified atom stereocenters. The number of hydrogen-bond donors (Lipinski definition) is 1. The van der Waals surface area contributed by atoms with Crippen LogP contribution in [0, 0.1) is 17.8 Å². The van der Waals surface area contributed by atoms with Crippen molar-refractivity contribution in [3.63, 3.8) is 0 Å². The van der Waals surface area contributed by atoms with Crippen molar-refractivity contribution >= 4 is 16.7 Å². The van der Waals surface area contributed by atoms with Crippen LogP contribution in [0.15, 0.2) is 30.5 Å². The lowest BCUT2D eigenvalue weighted by atomic mass is 10.00. The zero-order valence-corrected chi connectivity index (χ0v) is 19.3. The summed E-state index contributed by atoms with van der Waals surface area (Å²) in [6, 6.07) is 6.53. The highest BCUT2D eigenvalue weighted by atomic mass is 19.3. The molecule has 2 aliphatic heterocycles. The quantitative estimate of drug-likeness (QED) is 0.552. The number of rotatable bonds is 6. The molecule has 2 atom stereocenters. The SMILES string of the molecule is [2H]C([2H])(C1CCOCC1)N1CC2CC(Nc3ccc(-c4ccc5nn(C([2H])([2H])[2H])cc5c4C(F)F)nn3)CC2C1. The summed E-state index contributed by atoms with van der Waals surface area (Å²) in [5, 5.41) is 15.9. The number of anilines is 1. The van der Waals surface area contributed by atoms with E-state index in [4.69, 9.17) is 11.6 Å². The van der Waals surface area contributed by atoms with Gasteiger partial charge in [0.1, 0.15) is 5.82 Å². The van der Waals surface area contributed by atoms with E-state index in [9.17, 15) is 8.78 Å². The van der Waals surface area contributed by atoms with Gasteiger partial charge in [0.15, 0.2) is 0 Å². The molecule has 186 valence electrons. The molecular weight excluding hydrogens is 450 g/mol. The van der Waals surface area contributed by atoms with Gasteiger partial charge in [-0.3, -0.25) is 4.68 Å². The number of nitrogens with one attached hydrogen (secondary N) is 1. The summed E-state index contributed by atoms with van der Waals surface area (Å²) < 4.78 is 74.5. The molecule has 0 radical (unpaired) electrons. The summed E-state index contributed by atoms with van der Waals surface area (Å²) in [4.78, 5) is 2.03. The van der Waals surface area contributed by atoms with Crippen molar-refractivity contribution in [3.05, 3.63) is 36.0 Å². The first-order chi connectivity index (χ1) is 19.0. The number of halogens is 2. The molecule has 9 heteroatoms. The maximum atomic E-state index is 14.1. The Morgan fingerprint density at radius 2 is 1.94 bits per heavy atom. The largest absolute Gasteiger partial charge is 0.381 e. The molecule has 2 aromatic heterocycles. The molecule has 2 saturated heterocycles. The number of nitrogens with zero attached hydrogens (tertiary/aromatic N) is 5. The predicted molar refractivity (Wildman–Crippen MR) is 130 cm³/mol. The third-order valence-electron chi connectivity index (χ3n) is 7.58. The van der Waals surface area contributed by atoms with Crippen LogP contribution in [-0.2, 0) is 11.7 Å². The van der Waals surface area contributed by atoms with Crippen LogP contribution in [0.3, 0.4) is 0 Å². The van der Waals surface area contributed by atoms with Gasteiger partial charge in [-0.2, -0.15) is 5.10 Å². The fraction of sp³-hybridized carbons (Fsp3) is 0.577. The Morgan fingerprint density at radius 1 is 1.14 bits per heavy atom. The van der Waals surface area contributed by atoms with Crippen LogP contribution in [0.5, 0.6) is 0 Å². The van der Waals surface area contributed by atoms with E-state index < -0.39 is 19.9 Å². The average Bonchev–Trinajstić information content (AvgIpc) is 3.62. The minimum absolute atomic E-state index is 0.00633. The highest BCUT2D eigenvalue weighted by Crippen LogP contribution is 2.40. The molecule has 1 aliphatic carbocycles. The van der Waals surface area contributed by atoms with E-state index in [2.05, 4.69) is 20.6 Å². The van der Waals surface area contributed by atoms with Gasteiger partial charge in [0.05, 0.1) is 11.2 Å². The van der Waals surface area contributed by atoms with Crippen molar-refractivity contribution in [3.8, 4) is 11.3 Å². The number of benzene rings is 1. The molecule has 0 bridgehead atoms. The van der Waals surface area contributed by atoms with Gasteiger partial charge in [0.2, 0.25) is 0 Å². The lowest BCUT2D eigenvalue weighted by Crippen LogP contribution is -2.32. The molecule has 1 N–H and O–H groups in total. The van der Waals surface area contributed by atoms with Crippen molar-refractivity contribution < 1.29 is 20.4 Å². The van der Waals surface area contributed by atoms with Gasteiger partial charge in [0, 0.05) is 75.4 Å². The Balaban J connectivity index is 1.12. The Bertz CT molecular complexity index is 1350. The van der Waals surface area contributed by atoms with Crippen LogP contribution in [0.4, 0.5) is 14.6 Å². The fourth-order valence-electron chi connectivity index (χ4n) is 5.94. The number of alkyl halides is 2. The molecule has 1 saturated carbocycles. The molecule has 1 aromatic carbocycles. The van der Waals surface area contributed by atoms with Crippen molar-refractivity contribution in [2.75, 3.05) is 38.1 Å². The first-order valence-electron chi connectivity index (χ1n) is 14.7. The first-order valence-corrected chi connectivity index (χ1v) is 12.2. The normalized spacial score (nSPS) is 28.4. The molecule has 0 spiro atoms. The van der Waals surface area contributed by atoms with Crippen molar-refractivity contribution in [2.45, 2.75) is 38.2 Å². The zero-order chi connectivity index (χ0) is 28.2. The number of fused-ring (bicyclic) bond motifs is 2. The smallest absolute Gasteiger partial charge is 0.265 e. The lowest BCUT2D eigenvalue weighted by Gasteiger charge is -2.27. The third-order valence-corrected chi connectivity index (χ3v) is 7.58. The molecule has 3 aliphatic rings. The number of aromatic nitrogens is 4. The van der Waals surface area contributed by atoms with Gasteiger partial charge in [-0.25, -0.2) is 8.78 Å². The van der Waals surface area contributed by atoms with Crippen molar-refractivity contribution in [1.29, 1.82) is 0 Å². The highest BCUT2D eigenvalue weighted by Gasteiger charge is 2.41. The summed E-state index contributed by atoms with van der Waals surface area (Å²) in [5.74, 6) is 1.39. The molecule has 3 fully saturated rings. The van der Waals surface area contributed by atoms with E-state index in [0.717, 1.165) is 49.7 Å². The van der Waals surface area contributed by atoms with E-state index in [1.165, 1.54) is 12.1 Å². The molecule has 35 heavy (non-hydrogen) atoms. The summed E-state index contributed by atoms with van der Waals surface area (Å²) in [7, 11) is 0. The topological polar surface area (TPSA) is 68.1 Å². The number of likely N-dealkylation sites (tertiary alicyclic amines) is 1. The van der Waals surface area contributed by atoms with Gasteiger partial charge in [-0.1, -0.05) is 0 Å². The lowest BCUT2D eigenvalue weighted by molar-refractivity contribution is 0.0545. The summed E-state index contributed by atoms with van der Waals surface area (Å²) in [6.07, 6.45) is 1.61. The monoisotopic (exact) mass is 487 g/mol. The van der Waals surface area contributed by atoms with Gasteiger partial charge >= 0.3 is 0 Å². The Hall–Kier alpha value is -2.65.